The van der Waals surface area contributed by atoms with Crippen LogP contribution in [0.4, 0.5) is 0 Å². The van der Waals surface area contributed by atoms with Crippen LogP contribution in [0.5, 0.6) is 0 Å². The number of rotatable bonds is 3. The maximum atomic E-state index is 4.48. The number of hydrogen-bond acceptors (Lipinski definition) is 3. The molecular formula is C11H19N3. The minimum Gasteiger partial charge on any atom is -0.356 e. The second kappa shape index (κ2) is 3.44. The molecule has 0 aromatic rings. The summed E-state index contributed by atoms with van der Waals surface area (Å²) in [6.45, 7) is 2.09. The van der Waals surface area contributed by atoms with Crippen LogP contribution in [0.15, 0.2) is 4.99 Å². The van der Waals surface area contributed by atoms with Gasteiger partial charge >= 0.3 is 0 Å². The van der Waals surface area contributed by atoms with E-state index >= 15 is 0 Å². The molecule has 3 rings (SSSR count). The molecule has 1 heterocycles. The Kier molecular flexibility index (Phi) is 2.11. The Morgan fingerprint density at radius 3 is 2.43 bits per heavy atom. The van der Waals surface area contributed by atoms with Gasteiger partial charge in [-0.05, 0) is 43.9 Å². The third kappa shape index (κ3) is 1.86. The molecule has 3 nitrogen and oxygen atoms in total. The molecule has 0 atom stereocenters. The van der Waals surface area contributed by atoms with E-state index in [9.17, 15) is 0 Å². The zero-order valence-corrected chi connectivity index (χ0v) is 8.63. The van der Waals surface area contributed by atoms with Gasteiger partial charge in [-0.2, -0.15) is 0 Å². The zero-order valence-electron chi connectivity index (χ0n) is 8.63. The Hall–Kier alpha value is -0.730. The van der Waals surface area contributed by atoms with Crippen molar-refractivity contribution in [2.45, 2.75) is 38.1 Å². The number of aliphatic imine (C=N–C) groups is 1. The van der Waals surface area contributed by atoms with Crippen molar-refractivity contribution in [1.82, 2.24) is 10.6 Å². The van der Waals surface area contributed by atoms with E-state index < -0.39 is 0 Å². The molecule has 2 N–H and O–H groups in total. The summed E-state index contributed by atoms with van der Waals surface area (Å²) in [6, 6.07) is 0.736. The molecule has 3 heteroatoms. The Morgan fingerprint density at radius 2 is 1.93 bits per heavy atom. The molecule has 0 aromatic heterocycles. The monoisotopic (exact) mass is 193 g/mol. The van der Waals surface area contributed by atoms with Gasteiger partial charge in [0.15, 0.2) is 5.96 Å². The minimum absolute atomic E-state index is 0.736. The molecule has 2 aliphatic carbocycles. The lowest BCUT2D eigenvalue weighted by Crippen LogP contribution is -2.47. The van der Waals surface area contributed by atoms with Crippen molar-refractivity contribution < 1.29 is 0 Å². The van der Waals surface area contributed by atoms with Crippen molar-refractivity contribution in [2.75, 3.05) is 13.1 Å². The number of nitrogens with one attached hydrogen (secondary N) is 2. The number of guanidine groups is 1. The largest absolute Gasteiger partial charge is 0.356 e. The van der Waals surface area contributed by atoms with Crippen LogP contribution >= 0.6 is 0 Å². The van der Waals surface area contributed by atoms with E-state index in [1.165, 1.54) is 32.1 Å². The Balaban J connectivity index is 1.59. The van der Waals surface area contributed by atoms with Gasteiger partial charge in [0, 0.05) is 19.1 Å². The van der Waals surface area contributed by atoms with Crippen LogP contribution in [0.2, 0.25) is 0 Å². The van der Waals surface area contributed by atoms with E-state index in [1.54, 1.807) is 0 Å². The Bertz CT molecular complexity index is 229. The molecule has 3 aliphatic rings. The van der Waals surface area contributed by atoms with Gasteiger partial charge in [0.05, 0.1) is 0 Å². The highest BCUT2D eigenvalue weighted by atomic mass is 15.2. The molecule has 0 saturated heterocycles. The van der Waals surface area contributed by atoms with Crippen molar-refractivity contribution >= 4 is 5.96 Å². The van der Waals surface area contributed by atoms with Crippen molar-refractivity contribution in [3.8, 4) is 0 Å². The first-order chi connectivity index (χ1) is 6.93. The van der Waals surface area contributed by atoms with E-state index in [2.05, 4.69) is 15.6 Å². The molecule has 0 radical (unpaired) electrons. The summed E-state index contributed by atoms with van der Waals surface area (Å²) in [4.78, 5) is 4.48. The number of hydrogen-bond donors (Lipinski definition) is 2. The Labute approximate surface area is 85.4 Å². The highest BCUT2D eigenvalue weighted by molar-refractivity contribution is 5.80. The lowest BCUT2D eigenvalue weighted by atomic mass is 10.1. The Morgan fingerprint density at radius 1 is 1.21 bits per heavy atom. The lowest BCUT2D eigenvalue weighted by Gasteiger charge is -2.23. The third-order valence-electron chi connectivity index (χ3n) is 3.46. The molecule has 0 spiro atoms. The molecule has 0 amide bonds. The predicted octanol–water partition coefficient (Wildman–Crippen LogP) is 1.11. The summed E-state index contributed by atoms with van der Waals surface area (Å²) in [5.74, 6) is 2.97. The van der Waals surface area contributed by atoms with E-state index in [4.69, 9.17) is 0 Å². The SMILES string of the molecule is C1CN=C(NC(C2CC2)C2CC2)NC1. The molecule has 1 aliphatic heterocycles. The van der Waals surface area contributed by atoms with Gasteiger partial charge in [-0.25, -0.2) is 0 Å². The van der Waals surface area contributed by atoms with Gasteiger partial charge in [0.25, 0.3) is 0 Å². The van der Waals surface area contributed by atoms with Gasteiger partial charge in [-0.3, -0.25) is 4.99 Å². The van der Waals surface area contributed by atoms with Gasteiger partial charge in [-0.1, -0.05) is 0 Å². The summed E-state index contributed by atoms with van der Waals surface area (Å²) in [5, 5.41) is 6.97. The first-order valence-electron chi connectivity index (χ1n) is 5.98. The van der Waals surface area contributed by atoms with Crippen molar-refractivity contribution in [2.24, 2.45) is 16.8 Å². The smallest absolute Gasteiger partial charge is 0.191 e. The fraction of sp³-hybridized carbons (Fsp3) is 0.909. The fourth-order valence-corrected chi connectivity index (χ4v) is 2.32. The second-order valence-corrected chi connectivity index (χ2v) is 4.86. The predicted molar refractivity (Wildman–Crippen MR) is 57.3 cm³/mol. The van der Waals surface area contributed by atoms with Gasteiger partial charge < -0.3 is 10.6 Å². The quantitative estimate of drug-likeness (QED) is 0.704. The molecule has 0 aromatic carbocycles. The van der Waals surface area contributed by atoms with E-state index in [-0.39, 0.29) is 0 Å². The second-order valence-electron chi connectivity index (χ2n) is 4.86. The minimum atomic E-state index is 0.736. The summed E-state index contributed by atoms with van der Waals surface area (Å²) in [6.07, 6.45) is 6.91. The van der Waals surface area contributed by atoms with E-state index in [0.717, 1.165) is 36.9 Å². The lowest BCUT2D eigenvalue weighted by molar-refractivity contribution is 0.471. The van der Waals surface area contributed by atoms with Crippen molar-refractivity contribution in [3.63, 3.8) is 0 Å². The van der Waals surface area contributed by atoms with Crippen LogP contribution in [-0.2, 0) is 0 Å². The average molecular weight is 193 g/mol. The van der Waals surface area contributed by atoms with Crippen LogP contribution < -0.4 is 10.6 Å². The first-order valence-corrected chi connectivity index (χ1v) is 5.98. The zero-order chi connectivity index (χ0) is 9.38. The molecule has 0 unspecified atom stereocenters. The first kappa shape index (κ1) is 8.57. The van der Waals surface area contributed by atoms with Crippen LogP contribution in [0.1, 0.15) is 32.1 Å². The fourth-order valence-electron chi connectivity index (χ4n) is 2.32. The van der Waals surface area contributed by atoms with Gasteiger partial charge in [0.2, 0.25) is 0 Å². The molecule has 2 fully saturated rings. The average Bonchev–Trinajstić information content (AvgIpc) is 3.08. The van der Waals surface area contributed by atoms with Crippen LogP contribution in [0.25, 0.3) is 0 Å². The van der Waals surface area contributed by atoms with E-state index in [0.29, 0.717) is 0 Å². The molecule has 78 valence electrons. The highest BCUT2D eigenvalue weighted by Crippen LogP contribution is 2.44. The van der Waals surface area contributed by atoms with Crippen LogP contribution in [-0.4, -0.2) is 25.1 Å². The maximum Gasteiger partial charge on any atom is 0.191 e. The number of nitrogens with zero attached hydrogens (tertiary/aromatic N) is 1. The highest BCUT2D eigenvalue weighted by Gasteiger charge is 2.41. The van der Waals surface area contributed by atoms with Crippen molar-refractivity contribution in [1.29, 1.82) is 0 Å². The third-order valence-corrected chi connectivity index (χ3v) is 3.46. The van der Waals surface area contributed by atoms with Gasteiger partial charge in [-0.15, -0.1) is 0 Å². The summed E-state index contributed by atoms with van der Waals surface area (Å²) in [7, 11) is 0. The molecule has 14 heavy (non-hydrogen) atoms. The van der Waals surface area contributed by atoms with Crippen LogP contribution in [0.3, 0.4) is 0 Å². The molecule has 0 bridgehead atoms. The van der Waals surface area contributed by atoms with E-state index in [1.807, 2.05) is 0 Å². The normalized spacial score (nSPS) is 27.1. The summed E-state index contributed by atoms with van der Waals surface area (Å²) in [5.41, 5.74) is 0. The maximum absolute atomic E-state index is 4.48. The standard InChI is InChI=1S/C11H19N3/c1-6-12-11(13-7-1)14-10(8-2-3-8)9-4-5-9/h8-10H,1-7H2,(H2,12,13,14). The van der Waals surface area contributed by atoms with Gasteiger partial charge in [0.1, 0.15) is 0 Å². The topological polar surface area (TPSA) is 36.4 Å². The summed E-state index contributed by atoms with van der Waals surface area (Å²) >= 11 is 0. The molecular weight excluding hydrogens is 174 g/mol. The summed E-state index contributed by atoms with van der Waals surface area (Å²) < 4.78 is 0. The van der Waals surface area contributed by atoms with Crippen molar-refractivity contribution in [3.05, 3.63) is 0 Å². The van der Waals surface area contributed by atoms with Crippen LogP contribution in [0, 0.1) is 11.8 Å². The molecule has 2 saturated carbocycles.